The van der Waals surface area contributed by atoms with Gasteiger partial charge in [-0.1, -0.05) is 6.92 Å². The molecule has 6 nitrogen and oxygen atoms in total. The lowest BCUT2D eigenvalue weighted by Gasteiger charge is -2.29. The van der Waals surface area contributed by atoms with Crippen LogP contribution in [0.1, 0.15) is 34.1 Å². The van der Waals surface area contributed by atoms with Crippen LogP contribution in [-0.4, -0.2) is 51.8 Å². The molecule has 0 aliphatic rings. The van der Waals surface area contributed by atoms with E-state index in [9.17, 15) is 14.7 Å². The van der Waals surface area contributed by atoms with Crippen LogP contribution in [0.25, 0.3) is 0 Å². The Morgan fingerprint density at radius 3 is 2.18 bits per heavy atom. The van der Waals surface area contributed by atoms with Gasteiger partial charge in [-0.15, -0.1) is 0 Å². The van der Waals surface area contributed by atoms with Crippen molar-refractivity contribution in [2.24, 2.45) is 0 Å². The van der Waals surface area contributed by atoms with E-state index in [4.69, 9.17) is 5.11 Å². The molecule has 17 heavy (non-hydrogen) atoms. The first-order valence-electron chi connectivity index (χ1n) is 5.71. The van der Waals surface area contributed by atoms with E-state index in [1.54, 1.807) is 27.7 Å². The Bertz CT molecular complexity index is 273. The van der Waals surface area contributed by atoms with Crippen molar-refractivity contribution in [1.29, 1.82) is 0 Å². The fraction of sp³-hybridized carbons (Fsp3) is 0.818. The lowest BCUT2D eigenvalue weighted by molar-refractivity contribution is -0.139. The first-order valence-corrected chi connectivity index (χ1v) is 5.71. The van der Waals surface area contributed by atoms with Gasteiger partial charge in [0.05, 0.1) is 12.1 Å². The van der Waals surface area contributed by atoms with Gasteiger partial charge in [0, 0.05) is 6.54 Å². The molecule has 0 radical (unpaired) electrons. The summed E-state index contributed by atoms with van der Waals surface area (Å²) in [5.74, 6) is -1.06. The summed E-state index contributed by atoms with van der Waals surface area (Å²) in [7, 11) is 0. The smallest absolute Gasteiger partial charge is 0.326 e. The van der Waals surface area contributed by atoms with Crippen LogP contribution in [0.15, 0.2) is 0 Å². The predicted octanol–water partition coefficient (Wildman–Crippen LogP) is 0.652. The average molecular weight is 246 g/mol. The topological polar surface area (TPSA) is 89.9 Å². The van der Waals surface area contributed by atoms with Gasteiger partial charge in [0.2, 0.25) is 0 Å². The second-order valence-corrected chi connectivity index (χ2v) is 4.58. The van der Waals surface area contributed by atoms with E-state index in [0.29, 0.717) is 13.0 Å². The molecule has 0 unspecified atom stereocenters. The lowest BCUT2D eigenvalue weighted by atomic mass is 10.1. The van der Waals surface area contributed by atoms with Crippen LogP contribution in [0.4, 0.5) is 4.79 Å². The summed E-state index contributed by atoms with van der Waals surface area (Å²) in [5, 5.41) is 20.9. The van der Waals surface area contributed by atoms with Gasteiger partial charge in [0.15, 0.2) is 0 Å². The van der Waals surface area contributed by atoms with E-state index < -0.39 is 23.6 Å². The number of nitrogens with one attached hydrogen (secondary N) is 1. The molecule has 100 valence electrons. The minimum absolute atomic E-state index is 0.158. The molecule has 2 amide bonds. The first-order chi connectivity index (χ1) is 7.71. The van der Waals surface area contributed by atoms with Crippen LogP contribution >= 0.6 is 0 Å². The van der Waals surface area contributed by atoms with Crippen LogP contribution in [0.3, 0.4) is 0 Å². The summed E-state index contributed by atoms with van der Waals surface area (Å²) >= 11 is 0. The van der Waals surface area contributed by atoms with E-state index >= 15 is 0 Å². The number of nitrogens with zero attached hydrogens (tertiary/aromatic N) is 1. The number of urea groups is 1. The Kier molecular flexibility index (Phi) is 5.95. The van der Waals surface area contributed by atoms with Gasteiger partial charge >= 0.3 is 12.0 Å². The van der Waals surface area contributed by atoms with Crippen LogP contribution in [-0.2, 0) is 4.79 Å². The second-order valence-electron chi connectivity index (χ2n) is 4.58. The van der Waals surface area contributed by atoms with Crippen molar-refractivity contribution in [3.05, 3.63) is 0 Å². The number of carbonyl (C=O) groups excluding carboxylic acids is 1. The number of carbonyl (C=O) groups is 2. The minimum Gasteiger partial charge on any atom is -0.480 e. The zero-order valence-electron chi connectivity index (χ0n) is 10.9. The maximum atomic E-state index is 11.8. The molecule has 0 spiro atoms. The molecule has 0 aromatic heterocycles. The van der Waals surface area contributed by atoms with Crippen LogP contribution in [0.2, 0.25) is 0 Å². The molecule has 0 aliphatic carbocycles. The van der Waals surface area contributed by atoms with Crippen molar-refractivity contribution >= 4 is 12.0 Å². The summed E-state index contributed by atoms with van der Waals surface area (Å²) in [5.41, 5.74) is -1.00. The van der Waals surface area contributed by atoms with Crippen molar-refractivity contribution < 1.29 is 19.8 Å². The van der Waals surface area contributed by atoms with Crippen molar-refractivity contribution in [3.63, 3.8) is 0 Å². The Morgan fingerprint density at radius 1 is 1.35 bits per heavy atom. The van der Waals surface area contributed by atoms with Crippen molar-refractivity contribution in [2.45, 2.75) is 45.8 Å². The number of rotatable bonds is 6. The largest absolute Gasteiger partial charge is 0.480 e. The molecule has 0 saturated heterocycles. The fourth-order valence-electron chi connectivity index (χ4n) is 1.37. The fourth-order valence-corrected chi connectivity index (χ4v) is 1.37. The van der Waals surface area contributed by atoms with E-state index in [1.165, 1.54) is 4.90 Å². The number of hydrogen-bond acceptors (Lipinski definition) is 3. The van der Waals surface area contributed by atoms with Crippen molar-refractivity contribution in [3.8, 4) is 0 Å². The molecule has 0 aliphatic heterocycles. The highest BCUT2D eigenvalue weighted by molar-refractivity contribution is 5.82. The Hall–Kier alpha value is -1.30. The Morgan fingerprint density at radius 2 is 1.88 bits per heavy atom. The Labute approximate surface area is 102 Å². The standard InChI is InChI=1S/C11H22N2O4/c1-5-8(9(14)15)12-10(16)13(6-2)7-11(3,4)17/h8,17H,5-7H2,1-4H3,(H,12,16)(H,14,15)/t8-/m0/s1. The molecule has 0 bridgehead atoms. The number of carboxylic acids is 1. The minimum atomic E-state index is -1.06. The van der Waals surface area contributed by atoms with Gasteiger partial charge in [-0.3, -0.25) is 0 Å². The zero-order valence-corrected chi connectivity index (χ0v) is 10.9. The molecule has 0 saturated carbocycles. The molecule has 0 rings (SSSR count). The predicted molar refractivity (Wildman–Crippen MR) is 63.8 cm³/mol. The zero-order chi connectivity index (χ0) is 13.6. The van der Waals surface area contributed by atoms with Gasteiger partial charge < -0.3 is 20.4 Å². The van der Waals surface area contributed by atoms with Crippen LogP contribution < -0.4 is 5.32 Å². The molecular weight excluding hydrogens is 224 g/mol. The summed E-state index contributed by atoms with van der Waals surface area (Å²) < 4.78 is 0. The van der Waals surface area contributed by atoms with E-state index in [1.807, 2.05) is 0 Å². The average Bonchev–Trinajstić information content (AvgIpc) is 2.20. The molecule has 0 aromatic rings. The van der Waals surface area contributed by atoms with E-state index in [-0.39, 0.29) is 6.54 Å². The number of carboxylic acid groups (broad SMARTS) is 1. The second kappa shape index (κ2) is 6.44. The van der Waals surface area contributed by atoms with Crippen molar-refractivity contribution in [1.82, 2.24) is 10.2 Å². The normalized spacial score (nSPS) is 13.0. The molecule has 0 aromatic carbocycles. The molecule has 3 N–H and O–H groups in total. The molecular formula is C11H22N2O4. The Balaban J connectivity index is 4.50. The summed E-state index contributed by atoms with van der Waals surface area (Å²) in [6.45, 7) is 7.21. The van der Waals surface area contributed by atoms with E-state index in [0.717, 1.165) is 0 Å². The van der Waals surface area contributed by atoms with Crippen molar-refractivity contribution in [2.75, 3.05) is 13.1 Å². The van der Waals surface area contributed by atoms with Crippen LogP contribution in [0.5, 0.6) is 0 Å². The molecule has 0 heterocycles. The van der Waals surface area contributed by atoms with Gasteiger partial charge in [-0.2, -0.15) is 0 Å². The highest BCUT2D eigenvalue weighted by Crippen LogP contribution is 2.05. The van der Waals surface area contributed by atoms with Gasteiger partial charge in [0.1, 0.15) is 6.04 Å². The SMILES string of the molecule is CC[C@H](NC(=O)N(CC)CC(C)(C)O)C(=O)O. The van der Waals surface area contributed by atoms with Gasteiger partial charge in [0.25, 0.3) is 0 Å². The summed E-state index contributed by atoms with van der Waals surface area (Å²) in [6, 6.07) is -1.36. The number of hydrogen-bond donors (Lipinski definition) is 3. The first kappa shape index (κ1) is 15.7. The molecule has 6 heteroatoms. The number of aliphatic carboxylic acids is 1. The summed E-state index contributed by atoms with van der Waals surface area (Å²) in [6.07, 6.45) is 0.321. The third-order valence-electron chi connectivity index (χ3n) is 2.25. The third kappa shape index (κ3) is 6.11. The van der Waals surface area contributed by atoms with E-state index in [2.05, 4.69) is 5.32 Å². The number of amides is 2. The molecule has 0 fully saturated rings. The van der Waals surface area contributed by atoms with Gasteiger partial charge in [-0.25, -0.2) is 9.59 Å². The highest BCUT2D eigenvalue weighted by atomic mass is 16.4. The number of aliphatic hydroxyl groups is 1. The molecule has 1 atom stereocenters. The third-order valence-corrected chi connectivity index (χ3v) is 2.25. The monoisotopic (exact) mass is 246 g/mol. The van der Waals surface area contributed by atoms with Crippen LogP contribution in [0, 0.1) is 0 Å². The lowest BCUT2D eigenvalue weighted by Crippen LogP contribution is -2.51. The van der Waals surface area contributed by atoms with Gasteiger partial charge in [-0.05, 0) is 27.2 Å². The highest BCUT2D eigenvalue weighted by Gasteiger charge is 2.24. The maximum absolute atomic E-state index is 11.8. The number of likely N-dealkylation sites (N-methyl/N-ethyl adjacent to an activating group) is 1. The summed E-state index contributed by atoms with van der Waals surface area (Å²) in [4.78, 5) is 23.9. The quantitative estimate of drug-likeness (QED) is 0.642. The maximum Gasteiger partial charge on any atom is 0.326 e.